The summed E-state index contributed by atoms with van der Waals surface area (Å²) < 4.78 is 5.16. The molecule has 2 aromatic carbocycles. The fourth-order valence-electron chi connectivity index (χ4n) is 4.98. The van der Waals surface area contributed by atoms with Crippen molar-refractivity contribution in [3.05, 3.63) is 71.3 Å². The second-order valence-electron chi connectivity index (χ2n) is 10.6. The fraction of sp³-hybridized carbons (Fsp3) is 0.516. The van der Waals surface area contributed by atoms with Crippen LogP contribution in [0.25, 0.3) is 0 Å². The van der Waals surface area contributed by atoms with Gasteiger partial charge in [0.2, 0.25) is 17.7 Å². The summed E-state index contributed by atoms with van der Waals surface area (Å²) in [6.07, 6.45) is 3.65. The first-order valence-electron chi connectivity index (χ1n) is 14.1. The van der Waals surface area contributed by atoms with Crippen LogP contribution in [0.2, 0.25) is 0 Å². The number of nitrogens with one attached hydrogen (secondary N) is 2. The number of benzene rings is 2. The normalized spacial score (nSPS) is 17.1. The molecule has 0 unspecified atom stereocenters. The summed E-state index contributed by atoms with van der Waals surface area (Å²) in [5.74, 6) is -0.928. The summed E-state index contributed by atoms with van der Waals surface area (Å²) in [5.41, 5.74) is 9.05. The van der Waals surface area contributed by atoms with E-state index in [4.69, 9.17) is 10.5 Å². The molecule has 0 radical (unpaired) electrons. The molecule has 40 heavy (non-hydrogen) atoms. The van der Waals surface area contributed by atoms with E-state index in [1.165, 1.54) is 5.56 Å². The van der Waals surface area contributed by atoms with Crippen molar-refractivity contribution < 1.29 is 19.1 Å². The van der Waals surface area contributed by atoms with Crippen LogP contribution in [0.1, 0.15) is 69.2 Å². The van der Waals surface area contributed by atoms with Crippen LogP contribution in [0, 0.1) is 5.92 Å². The average molecular weight is 573 g/mol. The first-order chi connectivity index (χ1) is 18.8. The van der Waals surface area contributed by atoms with Gasteiger partial charge < -0.3 is 26.0 Å². The maximum absolute atomic E-state index is 13.7. The van der Waals surface area contributed by atoms with Gasteiger partial charge in [0.1, 0.15) is 12.1 Å². The van der Waals surface area contributed by atoms with Gasteiger partial charge in [-0.3, -0.25) is 14.4 Å². The predicted octanol–water partition coefficient (Wildman–Crippen LogP) is 3.76. The third kappa shape index (κ3) is 8.78. The van der Waals surface area contributed by atoms with Gasteiger partial charge >= 0.3 is 0 Å². The van der Waals surface area contributed by atoms with Crippen LogP contribution in [-0.4, -0.2) is 61.0 Å². The highest BCUT2D eigenvalue weighted by Crippen LogP contribution is 2.26. The number of halogens is 1. The zero-order chi connectivity index (χ0) is 28.4. The van der Waals surface area contributed by atoms with E-state index in [9.17, 15) is 14.4 Å². The van der Waals surface area contributed by atoms with Gasteiger partial charge in [0.25, 0.3) is 0 Å². The molecule has 3 rings (SSSR count). The summed E-state index contributed by atoms with van der Waals surface area (Å²) >= 11 is 0. The molecule has 1 aliphatic rings. The van der Waals surface area contributed by atoms with Crippen LogP contribution in [0.5, 0.6) is 0 Å². The summed E-state index contributed by atoms with van der Waals surface area (Å²) in [7, 11) is 1.70. The molecule has 4 N–H and O–H groups in total. The molecule has 4 atom stereocenters. The Balaban J connectivity index is 0.00000560. The first kappa shape index (κ1) is 33.3. The van der Waals surface area contributed by atoms with Crippen molar-refractivity contribution in [2.75, 3.05) is 20.3 Å². The molecular weight excluding hydrogens is 528 g/mol. The number of methoxy groups -OCH3 is 1. The number of amides is 3. The third-order valence-electron chi connectivity index (χ3n) is 7.39. The van der Waals surface area contributed by atoms with Crippen molar-refractivity contribution >= 4 is 30.1 Å². The Bertz CT molecular complexity index is 1080. The number of hydrogen-bond acceptors (Lipinski definition) is 5. The van der Waals surface area contributed by atoms with E-state index in [-0.39, 0.29) is 42.1 Å². The quantitative estimate of drug-likeness (QED) is 0.316. The molecule has 0 spiro atoms. The van der Waals surface area contributed by atoms with Crippen LogP contribution in [0.15, 0.2) is 54.6 Å². The Morgan fingerprint density at radius 1 is 1.02 bits per heavy atom. The lowest BCUT2D eigenvalue weighted by Gasteiger charge is -2.32. The second kappa shape index (κ2) is 16.4. The molecular formula is C31H45ClN4O4. The van der Waals surface area contributed by atoms with Crippen LogP contribution < -0.4 is 16.4 Å². The molecule has 2 aromatic rings. The number of aryl methyl sites for hydroxylation is 1. The Morgan fingerprint density at radius 2 is 1.68 bits per heavy atom. The monoisotopic (exact) mass is 572 g/mol. The van der Waals surface area contributed by atoms with E-state index in [1.807, 2.05) is 51.1 Å². The number of rotatable bonds is 13. The van der Waals surface area contributed by atoms with Crippen molar-refractivity contribution in [1.29, 1.82) is 0 Å². The van der Waals surface area contributed by atoms with E-state index < -0.39 is 18.1 Å². The first-order valence-corrected chi connectivity index (χ1v) is 14.1. The van der Waals surface area contributed by atoms with Gasteiger partial charge in [-0.05, 0) is 54.7 Å². The molecule has 0 aromatic heterocycles. The molecule has 1 aliphatic heterocycles. The minimum atomic E-state index is -0.737. The molecule has 220 valence electrons. The van der Waals surface area contributed by atoms with Crippen LogP contribution in [0.3, 0.4) is 0 Å². The van der Waals surface area contributed by atoms with Crippen LogP contribution in [-0.2, 0) is 25.5 Å². The molecule has 0 saturated carbocycles. The smallest absolute Gasteiger partial charge is 0.246 e. The fourth-order valence-corrected chi connectivity index (χ4v) is 4.98. The van der Waals surface area contributed by atoms with Crippen molar-refractivity contribution in [3.63, 3.8) is 0 Å². The Morgan fingerprint density at radius 3 is 2.27 bits per heavy atom. The summed E-state index contributed by atoms with van der Waals surface area (Å²) in [6.45, 7) is 6.79. The molecule has 3 amide bonds. The average Bonchev–Trinajstić information content (AvgIpc) is 3.45. The van der Waals surface area contributed by atoms with E-state index in [0.717, 1.165) is 30.4 Å². The van der Waals surface area contributed by atoms with E-state index in [0.29, 0.717) is 26.0 Å². The van der Waals surface area contributed by atoms with Gasteiger partial charge in [0.15, 0.2) is 0 Å². The molecule has 9 heteroatoms. The van der Waals surface area contributed by atoms with Gasteiger partial charge in [-0.15, -0.1) is 12.4 Å². The minimum absolute atomic E-state index is 0. The highest BCUT2D eigenvalue weighted by atomic mass is 35.5. The zero-order valence-corrected chi connectivity index (χ0v) is 24.9. The maximum Gasteiger partial charge on any atom is 0.246 e. The van der Waals surface area contributed by atoms with Gasteiger partial charge in [0, 0.05) is 20.3 Å². The van der Waals surface area contributed by atoms with Crippen molar-refractivity contribution in [2.45, 2.75) is 77.0 Å². The molecule has 0 aliphatic carbocycles. The second-order valence-corrected chi connectivity index (χ2v) is 10.6. The molecule has 1 saturated heterocycles. The molecule has 1 fully saturated rings. The lowest BCUT2D eigenvalue weighted by Crippen LogP contribution is -2.57. The molecule has 1 heterocycles. The number of nitrogens with zero attached hydrogens (tertiary/aromatic N) is 1. The summed E-state index contributed by atoms with van der Waals surface area (Å²) in [6, 6.07) is 15.8. The highest BCUT2D eigenvalue weighted by Gasteiger charge is 2.39. The predicted molar refractivity (Wildman–Crippen MR) is 160 cm³/mol. The Hall–Kier alpha value is -2.94. The summed E-state index contributed by atoms with van der Waals surface area (Å²) in [4.78, 5) is 41.4. The zero-order valence-electron chi connectivity index (χ0n) is 24.1. The van der Waals surface area contributed by atoms with E-state index >= 15 is 0 Å². The maximum atomic E-state index is 13.7. The Labute approximate surface area is 244 Å². The molecule has 8 nitrogen and oxygen atoms in total. The number of likely N-dealkylation sites (tertiary alicyclic amines) is 1. The van der Waals surface area contributed by atoms with Gasteiger partial charge in [-0.25, -0.2) is 0 Å². The lowest BCUT2D eigenvalue weighted by atomic mass is 9.96. The number of carbonyl (C=O) groups is 3. The Kier molecular flexibility index (Phi) is 13.6. The molecule has 0 bridgehead atoms. The van der Waals surface area contributed by atoms with Crippen molar-refractivity contribution in [1.82, 2.24) is 15.5 Å². The van der Waals surface area contributed by atoms with Gasteiger partial charge in [-0.1, -0.05) is 75.4 Å². The number of nitrogens with two attached hydrogens (primary N) is 1. The minimum Gasteiger partial charge on any atom is -0.385 e. The SMILES string of the molecule is CC[C@H](N)C(=O)N[C@H](C(=O)N1CCC[C@H]1C(=O)N[C@@H](c1ccccc1)c1ccc(CCCOC)cc1)C(C)C.Cl. The lowest BCUT2D eigenvalue weighted by molar-refractivity contribution is -0.142. The number of ether oxygens (including phenoxy) is 1. The highest BCUT2D eigenvalue weighted by molar-refractivity contribution is 5.93. The van der Waals surface area contributed by atoms with Crippen LogP contribution >= 0.6 is 12.4 Å². The third-order valence-corrected chi connectivity index (χ3v) is 7.39. The standard InChI is InChI=1S/C31H44N4O4.ClH/c1-5-25(32)29(36)33-27(21(2)3)31(38)35-19-9-14-26(35)30(37)34-28(23-12-7-6-8-13-23)24-17-15-22(16-18-24)11-10-20-39-4;/h6-8,12-13,15-18,21,25-28H,5,9-11,14,19-20,32H2,1-4H3,(H,33,36)(H,34,37);1H/t25-,26-,27-,28-;/m0./s1. The largest absolute Gasteiger partial charge is 0.385 e. The summed E-state index contributed by atoms with van der Waals surface area (Å²) in [5, 5.41) is 6.05. The van der Waals surface area contributed by atoms with Crippen LogP contribution in [0.4, 0.5) is 0 Å². The number of carbonyl (C=O) groups excluding carboxylic acids is 3. The number of hydrogen-bond donors (Lipinski definition) is 3. The van der Waals surface area contributed by atoms with Gasteiger partial charge in [0.05, 0.1) is 12.1 Å². The topological polar surface area (TPSA) is 114 Å². The van der Waals surface area contributed by atoms with Crippen molar-refractivity contribution in [3.8, 4) is 0 Å². The van der Waals surface area contributed by atoms with E-state index in [2.05, 4.69) is 34.9 Å². The van der Waals surface area contributed by atoms with Gasteiger partial charge in [-0.2, -0.15) is 0 Å². The van der Waals surface area contributed by atoms with E-state index in [1.54, 1.807) is 12.0 Å². The van der Waals surface area contributed by atoms with Crippen molar-refractivity contribution in [2.24, 2.45) is 11.7 Å².